The van der Waals surface area contributed by atoms with Gasteiger partial charge in [0.05, 0.1) is 16.1 Å². The number of aromatic amines is 1. The summed E-state index contributed by atoms with van der Waals surface area (Å²) in [4.78, 5) is 15.1. The molecule has 7 heteroatoms. The van der Waals surface area contributed by atoms with Gasteiger partial charge in [0.25, 0.3) is 5.91 Å². The molecule has 31 heavy (non-hydrogen) atoms. The van der Waals surface area contributed by atoms with Crippen LogP contribution in [0.15, 0.2) is 52.3 Å². The molecule has 0 bridgehead atoms. The fourth-order valence-electron chi connectivity index (χ4n) is 4.52. The molecule has 0 saturated carbocycles. The molecule has 2 aliphatic rings. The number of aryl methyl sites for hydroxylation is 1. The van der Waals surface area contributed by atoms with Gasteiger partial charge in [-0.2, -0.15) is 5.10 Å². The minimum atomic E-state index is -0.00436. The molecule has 1 amide bonds. The van der Waals surface area contributed by atoms with Crippen LogP contribution in [0.25, 0.3) is 17.0 Å². The van der Waals surface area contributed by atoms with E-state index >= 15 is 0 Å². The van der Waals surface area contributed by atoms with Crippen LogP contribution in [0.4, 0.5) is 0 Å². The Kier molecular flexibility index (Phi) is 6.03. The summed E-state index contributed by atoms with van der Waals surface area (Å²) >= 11 is 7.56. The van der Waals surface area contributed by atoms with Gasteiger partial charge in [-0.25, -0.2) is 0 Å². The number of carbonyl (C=O) groups is 1. The van der Waals surface area contributed by atoms with Gasteiger partial charge in [-0.1, -0.05) is 41.6 Å². The normalized spacial score (nSPS) is 17.4. The van der Waals surface area contributed by atoms with Crippen molar-refractivity contribution >= 4 is 46.2 Å². The molecule has 160 valence electrons. The molecular weight excluding hydrogens is 428 g/mol. The first-order valence-electron chi connectivity index (χ1n) is 10.8. The molecule has 5 rings (SSSR count). The number of H-pyrrole nitrogens is 1. The first kappa shape index (κ1) is 20.6. The summed E-state index contributed by atoms with van der Waals surface area (Å²) in [5.41, 5.74) is 3.09. The fourth-order valence-corrected chi connectivity index (χ4v) is 5.67. The van der Waals surface area contributed by atoms with E-state index in [-0.39, 0.29) is 11.9 Å². The maximum atomic E-state index is 13.3. The quantitative estimate of drug-likeness (QED) is 0.503. The van der Waals surface area contributed by atoms with E-state index in [1.807, 2.05) is 30.3 Å². The van der Waals surface area contributed by atoms with Gasteiger partial charge in [0, 0.05) is 21.3 Å². The largest absolute Gasteiger partial charge is 0.349 e. The summed E-state index contributed by atoms with van der Waals surface area (Å²) < 4.78 is 0. The number of piperidine rings is 1. The Labute approximate surface area is 191 Å². The fraction of sp³-hybridized carbons (Fsp3) is 0.333. The van der Waals surface area contributed by atoms with Crippen molar-refractivity contribution in [2.45, 2.75) is 36.6 Å². The number of rotatable bonds is 6. The van der Waals surface area contributed by atoms with Crippen molar-refractivity contribution in [3.63, 3.8) is 0 Å². The zero-order valence-corrected chi connectivity index (χ0v) is 18.7. The monoisotopic (exact) mass is 452 g/mol. The van der Waals surface area contributed by atoms with E-state index in [4.69, 9.17) is 11.6 Å². The van der Waals surface area contributed by atoms with E-state index in [1.165, 1.54) is 17.3 Å². The van der Waals surface area contributed by atoms with Crippen molar-refractivity contribution < 1.29 is 4.79 Å². The highest BCUT2D eigenvalue weighted by molar-refractivity contribution is 8.04. The van der Waals surface area contributed by atoms with E-state index in [0.717, 1.165) is 65.3 Å². The third kappa shape index (κ3) is 4.52. The predicted octanol–water partition coefficient (Wildman–Crippen LogP) is 4.78. The second-order valence-electron chi connectivity index (χ2n) is 8.23. The number of hydrogen-bond acceptors (Lipinski definition) is 4. The number of halogens is 1. The smallest absolute Gasteiger partial charge is 0.258 e. The minimum Gasteiger partial charge on any atom is -0.349 e. The molecule has 0 aliphatic carbocycles. The first-order chi connectivity index (χ1) is 15.2. The molecule has 2 aliphatic heterocycles. The van der Waals surface area contributed by atoms with Crippen molar-refractivity contribution in [2.24, 2.45) is 5.92 Å². The molecule has 2 aromatic carbocycles. The van der Waals surface area contributed by atoms with Gasteiger partial charge < -0.3 is 10.6 Å². The molecule has 3 N–H and O–H groups in total. The topological polar surface area (TPSA) is 69.8 Å². The lowest BCUT2D eigenvalue weighted by Crippen LogP contribution is -2.45. The Morgan fingerprint density at radius 3 is 2.81 bits per heavy atom. The second kappa shape index (κ2) is 9.07. The maximum Gasteiger partial charge on any atom is 0.258 e. The van der Waals surface area contributed by atoms with Crippen LogP contribution in [0.5, 0.6) is 0 Å². The zero-order chi connectivity index (χ0) is 21.2. The predicted molar refractivity (Wildman–Crippen MR) is 127 cm³/mol. The van der Waals surface area contributed by atoms with Crippen LogP contribution in [-0.2, 0) is 11.2 Å². The Balaban J connectivity index is 1.32. The van der Waals surface area contributed by atoms with Gasteiger partial charge in [-0.05, 0) is 80.6 Å². The number of benzene rings is 2. The lowest BCUT2D eigenvalue weighted by molar-refractivity contribution is -0.117. The van der Waals surface area contributed by atoms with Crippen molar-refractivity contribution in [3.05, 3.63) is 63.6 Å². The van der Waals surface area contributed by atoms with Crippen molar-refractivity contribution in [1.82, 2.24) is 20.8 Å². The Hall–Kier alpha value is -2.28. The zero-order valence-electron chi connectivity index (χ0n) is 17.2. The van der Waals surface area contributed by atoms with Gasteiger partial charge in [0.15, 0.2) is 0 Å². The highest BCUT2D eigenvalue weighted by Gasteiger charge is 2.28. The van der Waals surface area contributed by atoms with Gasteiger partial charge in [-0.3, -0.25) is 9.89 Å². The van der Waals surface area contributed by atoms with Crippen LogP contribution in [-0.4, -0.2) is 35.2 Å². The summed E-state index contributed by atoms with van der Waals surface area (Å²) in [7, 11) is 0. The summed E-state index contributed by atoms with van der Waals surface area (Å²) in [6.07, 6.45) is 5.91. The molecule has 1 unspecified atom stereocenters. The molecule has 1 fully saturated rings. The Morgan fingerprint density at radius 1 is 1.19 bits per heavy atom. The van der Waals surface area contributed by atoms with Crippen LogP contribution in [0.1, 0.15) is 30.5 Å². The van der Waals surface area contributed by atoms with E-state index in [9.17, 15) is 4.79 Å². The van der Waals surface area contributed by atoms with Crippen molar-refractivity contribution in [1.29, 1.82) is 0 Å². The average Bonchev–Trinajstić information content (AvgIpc) is 3.23. The third-order valence-corrected chi connectivity index (χ3v) is 7.55. The standard InChI is InChI=1S/C24H25ClN4OS/c25-17-7-4-15(5-8-17)6-9-18(16-10-12-26-13-11-16)27-24(30)22-14-20-23-19(28-29-20)2-1-3-21(23)31-22/h1-5,7-8,14,16,18,26H,6,9-13H2,(H,27,30)(H,28,29). The highest BCUT2D eigenvalue weighted by Crippen LogP contribution is 2.40. The summed E-state index contributed by atoms with van der Waals surface area (Å²) in [5, 5.41) is 16.1. The van der Waals surface area contributed by atoms with Gasteiger partial charge in [0.2, 0.25) is 0 Å². The SMILES string of the molecule is O=C(NC(CCc1ccc(Cl)cc1)C1CCNCC1)C1=Cc2n[nH]c3cccc(c23)S1. The van der Waals surface area contributed by atoms with Gasteiger partial charge in [-0.15, -0.1) is 0 Å². The van der Waals surface area contributed by atoms with Crippen LogP contribution in [0, 0.1) is 5.92 Å². The van der Waals surface area contributed by atoms with Gasteiger partial charge in [0.1, 0.15) is 0 Å². The van der Waals surface area contributed by atoms with Crippen LogP contribution >= 0.6 is 23.4 Å². The third-order valence-electron chi connectivity index (χ3n) is 6.22. The van der Waals surface area contributed by atoms with E-state index < -0.39 is 0 Å². The molecule has 5 nitrogen and oxygen atoms in total. The molecule has 0 radical (unpaired) electrons. The minimum absolute atomic E-state index is 0.00436. The molecule has 1 saturated heterocycles. The number of nitrogens with zero attached hydrogens (tertiary/aromatic N) is 1. The molecule has 0 spiro atoms. The molecule has 3 heterocycles. The van der Waals surface area contributed by atoms with Crippen LogP contribution in [0.3, 0.4) is 0 Å². The summed E-state index contributed by atoms with van der Waals surface area (Å²) in [5.74, 6) is 0.478. The molecule has 1 aromatic heterocycles. The Morgan fingerprint density at radius 2 is 2.00 bits per heavy atom. The first-order valence-corrected chi connectivity index (χ1v) is 12.0. The average molecular weight is 453 g/mol. The van der Waals surface area contributed by atoms with Gasteiger partial charge >= 0.3 is 0 Å². The number of amides is 1. The Bertz CT molecular complexity index is 1120. The van der Waals surface area contributed by atoms with E-state index in [1.54, 1.807) is 0 Å². The number of aromatic nitrogens is 2. The lowest BCUT2D eigenvalue weighted by Gasteiger charge is -2.32. The van der Waals surface area contributed by atoms with E-state index in [2.05, 4.69) is 39.0 Å². The lowest BCUT2D eigenvalue weighted by atomic mass is 9.86. The molecule has 3 aromatic rings. The van der Waals surface area contributed by atoms with Crippen molar-refractivity contribution in [2.75, 3.05) is 13.1 Å². The van der Waals surface area contributed by atoms with Crippen molar-refractivity contribution in [3.8, 4) is 0 Å². The maximum absolute atomic E-state index is 13.3. The second-order valence-corrected chi connectivity index (χ2v) is 9.75. The highest BCUT2D eigenvalue weighted by atomic mass is 35.5. The summed E-state index contributed by atoms with van der Waals surface area (Å²) in [6.45, 7) is 2.02. The van der Waals surface area contributed by atoms with Crippen LogP contribution in [0.2, 0.25) is 5.02 Å². The number of nitrogens with one attached hydrogen (secondary N) is 3. The number of thioether (sulfide) groups is 1. The molecule has 1 atom stereocenters. The van der Waals surface area contributed by atoms with Crippen LogP contribution < -0.4 is 10.6 Å². The molecular formula is C24H25ClN4OS. The number of hydrogen-bond donors (Lipinski definition) is 3. The summed E-state index contributed by atoms with van der Waals surface area (Å²) in [6, 6.07) is 14.2. The van der Waals surface area contributed by atoms with E-state index in [0.29, 0.717) is 10.8 Å². The number of carbonyl (C=O) groups excluding carboxylic acids is 1.